The van der Waals surface area contributed by atoms with Crippen molar-refractivity contribution in [1.29, 1.82) is 0 Å². The van der Waals surface area contributed by atoms with Gasteiger partial charge in [0.1, 0.15) is 5.82 Å². The van der Waals surface area contributed by atoms with Crippen LogP contribution in [0.1, 0.15) is 22.8 Å². The van der Waals surface area contributed by atoms with Crippen LogP contribution in [-0.4, -0.2) is 33.8 Å². The Balaban J connectivity index is 2.07. The summed E-state index contributed by atoms with van der Waals surface area (Å²) in [5.74, 6) is -0.605. The maximum Gasteiger partial charge on any atom is 0.337 e. The van der Waals surface area contributed by atoms with E-state index in [1.807, 2.05) is 0 Å². The number of carbonyl (C=O) groups excluding carboxylic acids is 1. The zero-order valence-electron chi connectivity index (χ0n) is 15.4. The van der Waals surface area contributed by atoms with Gasteiger partial charge in [-0.25, -0.2) is 14.2 Å². The van der Waals surface area contributed by atoms with Gasteiger partial charge in [0.2, 0.25) is 0 Å². The highest BCUT2D eigenvalue weighted by Crippen LogP contribution is 2.24. The number of carbonyl (C=O) groups is 1. The van der Waals surface area contributed by atoms with Crippen LogP contribution in [0, 0.1) is 5.82 Å². The molecule has 0 amide bonds. The van der Waals surface area contributed by atoms with Crippen molar-refractivity contribution in [3.8, 4) is 0 Å². The number of aromatic nitrogens is 2. The molecule has 1 heterocycles. The summed E-state index contributed by atoms with van der Waals surface area (Å²) in [6.07, 6.45) is -0.765. The molecule has 0 aliphatic heterocycles. The molecule has 0 aliphatic rings. The molecule has 28 heavy (non-hydrogen) atoms. The van der Waals surface area contributed by atoms with Crippen molar-refractivity contribution in [2.45, 2.75) is 30.5 Å². The van der Waals surface area contributed by atoms with Gasteiger partial charge in [0.25, 0.3) is 5.56 Å². The van der Waals surface area contributed by atoms with Crippen molar-refractivity contribution in [3.63, 3.8) is 0 Å². The number of thioether (sulfide) groups is 1. The van der Waals surface area contributed by atoms with Crippen LogP contribution in [0.3, 0.4) is 0 Å². The highest BCUT2D eigenvalue weighted by atomic mass is 32.2. The monoisotopic (exact) mass is 402 g/mol. The van der Waals surface area contributed by atoms with Crippen molar-refractivity contribution in [3.05, 3.63) is 69.8 Å². The van der Waals surface area contributed by atoms with Crippen molar-refractivity contribution in [2.24, 2.45) is 0 Å². The van der Waals surface area contributed by atoms with Gasteiger partial charge in [0.15, 0.2) is 5.16 Å². The second kappa shape index (κ2) is 8.53. The Bertz CT molecular complexity index is 1080. The van der Waals surface area contributed by atoms with Crippen molar-refractivity contribution >= 4 is 28.6 Å². The predicted octanol–water partition coefficient (Wildman–Crippen LogP) is 3.00. The van der Waals surface area contributed by atoms with Crippen LogP contribution in [0.15, 0.2) is 52.4 Å². The molecule has 0 aliphatic carbocycles. The van der Waals surface area contributed by atoms with E-state index in [1.54, 1.807) is 25.1 Å². The third-order valence-electron chi connectivity index (χ3n) is 4.10. The van der Waals surface area contributed by atoms with E-state index in [1.165, 1.54) is 47.7 Å². The number of rotatable bonds is 6. The molecular formula is C20H19FN2O4S. The van der Waals surface area contributed by atoms with E-state index in [0.29, 0.717) is 21.6 Å². The third kappa shape index (κ3) is 4.23. The van der Waals surface area contributed by atoms with Crippen LogP contribution in [0.4, 0.5) is 4.39 Å². The van der Waals surface area contributed by atoms with Gasteiger partial charge in [-0.3, -0.25) is 9.36 Å². The fraction of sp³-hybridized carbons (Fsp3) is 0.250. The molecule has 0 spiro atoms. The van der Waals surface area contributed by atoms with Gasteiger partial charge in [0, 0.05) is 5.75 Å². The molecule has 0 bridgehead atoms. The molecule has 2 aromatic carbocycles. The molecule has 0 radical (unpaired) electrons. The van der Waals surface area contributed by atoms with E-state index in [9.17, 15) is 19.1 Å². The molecule has 3 aromatic rings. The van der Waals surface area contributed by atoms with Crippen LogP contribution >= 0.6 is 11.8 Å². The van der Waals surface area contributed by atoms with E-state index in [-0.39, 0.29) is 29.2 Å². The number of esters is 1. The molecule has 146 valence electrons. The maximum absolute atomic E-state index is 13.9. The number of halogens is 1. The first-order valence-electron chi connectivity index (χ1n) is 8.58. The smallest absolute Gasteiger partial charge is 0.337 e. The van der Waals surface area contributed by atoms with Gasteiger partial charge < -0.3 is 9.84 Å². The topological polar surface area (TPSA) is 81.4 Å². The standard InChI is InChI=1S/C20H19FN2O4S/c1-12(24)10-23-18(25)15-8-7-13(19(26)27-2)9-17(15)22-20(23)28-11-14-5-3-4-6-16(14)21/h3-9,12,24H,10-11H2,1-2H3/t12-/m1/s1. The van der Waals surface area contributed by atoms with E-state index < -0.39 is 12.1 Å². The van der Waals surface area contributed by atoms with Crippen LogP contribution in [0.2, 0.25) is 0 Å². The number of benzene rings is 2. The summed E-state index contributed by atoms with van der Waals surface area (Å²) >= 11 is 1.19. The first kappa shape index (κ1) is 20.0. The molecule has 1 aromatic heterocycles. The van der Waals surface area contributed by atoms with Gasteiger partial charge in [0.05, 0.1) is 36.2 Å². The van der Waals surface area contributed by atoms with Crippen LogP contribution in [-0.2, 0) is 17.0 Å². The lowest BCUT2D eigenvalue weighted by molar-refractivity contribution is 0.0601. The molecule has 6 nitrogen and oxygen atoms in total. The number of hydrogen-bond donors (Lipinski definition) is 1. The maximum atomic E-state index is 13.9. The molecule has 0 saturated heterocycles. The quantitative estimate of drug-likeness (QED) is 0.388. The highest BCUT2D eigenvalue weighted by molar-refractivity contribution is 7.98. The van der Waals surface area contributed by atoms with Gasteiger partial charge >= 0.3 is 5.97 Å². The highest BCUT2D eigenvalue weighted by Gasteiger charge is 2.16. The van der Waals surface area contributed by atoms with Crippen LogP contribution < -0.4 is 5.56 Å². The first-order valence-corrected chi connectivity index (χ1v) is 9.56. The molecule has 0 saturated carbocycles. The summed E-state index contributed by atoms with van der Waals surface area (Å²) in [7, 11) is 1.27. The van der Waals surface area contributed by atoms with Gasteiger partial charge in [-0.1, -0.05) is 30.0 Å². The first-order chi connectivity index (χ1) is 13.4. The molecular weight excluding hydrogens is 383 g/mol. The largest absolute Gasteiger partial charge is 0.465 e. The van der Waals surface area contributed by atoms with E-state index in [2.05, 4.69) is 4.98 Å². The Morgan fingerprint density at radius 1 is 1.32 bits per heavy atom. The lowest BCUT2D eigenvalue weighted by Crippen LogP contribution is -2.28. The molecule has 1 N–H and O–H groups in total. The SMILES string of the molecule is COC(=O)c1ccc2c(=O)n(C[C@@H](C)O)c(SCc3ccccc3F)nc2c1. The number of hydrogen-bond acceptors (Lipinski definition) is 6. The minimum absolute atomic E-state index is 0.0557. The number of nitrogens with zero attached hydrogens (tertiary/aromatic N) is 2. The molecule has 1 atom stereocenters. The summed E-state index contributed by atoms with van der Waals surface area (Å²) in [6.45, 7) is 1.63. The summed E-state index contributed by atoms with van der Waals surface area (Å²) in [6, 6.07) is 10.9. The van der Waals surface area contributed by atoms with Gasteiger partial charge in [-0.2, -0.15) is 0 Å². The van der Waals surface area contributed by atoms with Gasteiger partial charge in [-0.05, 0) is 36.8 Å². The fourth-order valence-corrected chi connectivity index (χ4v) is 3.73. The van der Waals surface area contributed by atoms with Gasteiger partial charge in [-0.15, -0.1) is 0 Å². The zero-order valence-corrected chi connectivity index (χ0v) is 16.2. The number of aliphatic hydroxyl groups excluding tert-OH is 1. The lowest BCUT2D eigenvalue weighted by atomic mass is 10.1. The number of ether oxygens (including phenoxy) is 1. The number of aliphatic hydroxyl groups is 1. The Kier molecular flexibility index (Phi) is 6.11. The van der Waals surface area contributed by atoms with Crippen molar-refractivity contribution in [2.75, 3.05) is 7.11 Å². The normalized spacial score (nSPS) is 12.1. The minimum atomic E-state index is -0.765. The fourth-order valence-electron chi connectivity index (χ4n) is 2.74. The van der Waals surface area contributed by atoms with Crippen LogP contribution in [0.5, 0.6) is 0 Å². The van der Waals surface area contributed by atoms with E-state index >= 15 is 0 Å². The Morgan fingerprint density at radius 3 is 2.75 bits per heavy atom. The average Bonchev–Trinajstić information content (AvgIpc) is 2.68. The zero-order chi connectivity index (χ0) is 20.3. The number of methoxy groups -OCH3 is 1. The number of fused-ring (bicyclic) bond motifs is 1. The van der Waals surface area contributed by atoms with E-state index in [4.69, 9.17) is 4.74 Å². The summed E-state index contributed by atoms with van der Waals surface area (Å²) in [5, 5.41) is 10.4. The lowest BCUT2D eigenvalue weighted by Gasteiger charge is -2.15. The summed E-state index contributed by atoms with van der Waals surface area (Å²) in [4.78, 5) is 29.2. The average molecular weight is 402 g/mol. The second-order valence-corrected chi connectivity index (χ2v) is 7.21. The van der Waals surface area contributed by atoms with Crippen molar-refractivity contribution < 1.29 is 19.0 Å². The van der Waals surface area contributed by atoms with E-state index in [0.717, 1.165) is 0 Å². The Morgan fingerprint density at radius 2 is 2.07 bits per heavy atom. The molecule has 8 heteroatoms. The summed E-state index contributed by atoms with van der Waals surface area (Å²) < 4.78 is 20.0. The molecule has 3 rings (SSSR count). The van der Waals surface area contributed by atoms with Crippen LogP contribution in [0.25, 0.3) is 10.9 Å². The third-order valence-corrected chi connectivity index (χ3v) is 5.13. The van der Waals surface area contributed by atoms with Crippen molar-refractivity contribution in [1.82, 2.24) is 9.55 Å². The summed E-state index contributed by atoms with van der Waals surface area (Å²) in [5.41, 5.74) is 0.762. The molecule has 0 unspecified atom stereocenters. The Hall–Kier alpha value is -2.71. The Labute approximate surface area is 165 Å². The second-order valence-electron chi connectivity index (χ2n) is 6.26. The predicted molar refractivity (Wildman–Crippen MR) is 105 cm³/mol. The minimum Gasteiger partial charge on any atom is -0.465 e. The molecule has 0 fully saturated rings.